The zero-order valence-electron chi connectivity index (χ0n) is 11.9. The van der Waals surface area contributed by atoms with Crippen molar-refractivity contribution < 1.29 is 0 Å². The first-order valence-electron chi connectivity index (χ1n) is 7.22. The molecule has 1 saturated heterocycles. The van der Waals surface area contributed by atoms with E-state index in [9.17, 15) is 0 Å². The number of benzene rings is 1. The molecule has 1 fully saturated rings. The number of hydrogen-bond donors (Lipinski definition) is 1. The van der Waals surface area contributed by atoms with Crippen LogP contribution in [0, 0.1) is 0 Å². The molecule has 0 spiro atoms. The molecule has 1 N–H and O–H groups in total. The fourth-order valence-corrected chi connectivity index (χ4v) is 2.87. The van der Waals surface area contributed by atoms with Crippen molar-refractivity contribution in [1.29, 1.82) is 0 Å². The van der Waals surface area contributed by atoms with Crippen molar-refractivity contribution >= 4 is 0 Å². The Morgan fingerprint density at radius 1 is 1.28 bits per heavy atom. The van der Waals surface area contributed by atoms with Gasteiger partial charge in [-0.25, -0.2) is 0 Å². The summed E-state index contributed by atoms with van der Waals surface area (Å²) in [4.78, 5) is 2.66. The summed E-state index contributed by atoms with van der Waals surface area (Å²) in [5, 5.41) is 3.60. The molecule has 0 amide bonds. The molecule has 1 aromatic carbocycles. The van der Waals surface area contributed by atoms with Crippen molar-refractivity contribution in [2.75, 3.05) is 13.1 Å². The van der Waals surface area contributed by atoms with Gasteiger partial charge in [-0.2, -0.15) is 0 Å². The number of rotatable bonds is 5. The van der Waals surface area contributed by atoms with Crippen LogP contribution in [0.3, 0.4) is 0 Å². The lowest BCUT2D eigenvalue weighted by Crippen LogP contribution is -2.39. The van der Waals surface area contributed by atoms with Crippen LogP contribution < -0.4 is 5.32 Å². The smallest absolute Gasteiger partial charge is 0.0475 e. The lowest BCUT2D eigenvalue weighted by atomic mass is 10.0. The molecule has 2 nitrogen and oxygen atoms in total. The van der Waals surface area contributed by atoms with Gasteiger partial charge in [0, 0.05) is 24.7 Å². The van der Waals surface area contributed by atoms with Crippen molar-refractivity contribution in [2.45, 2.75) is 51.7 Å². The minimum Gasteiger partial charge on any atom is -0.313 e. The van der Waals surface area contributed by atoms with Crippen LogP contribution in [0.1, 0.15) is 45.2 Å². The van der Waals surface area contributed by atoms with Crippen LogP contribution >= 0.6 is 0 Å². The number of nitrogens with one attached hydrogen (secondary N) is 1. The van der Waals surface area contributed by atoms with E-state index in [1.807, 2.05) is 0 Å². The molecule has 1 aliphatic heterocycles. The summed E-state index contributed by atoms with van der Waals surface area (Å²) < 4.78 is 0. The molecule has 2 unspecified atom stereocenters. The van der Waals surface area contributed by atoms with E-state index in [2.05, 4.69) is 61.3 Å². The second-order valence-corrected chi connectivity index (χ2v) is 5.72. The summed E-state index contributed by atoms with van der Waals surface area (Å²) in [6.45, 7) is 9.08. The highest BCUT2D eigenvalue weighted by molar-refractivity contribution is 5.20. The van der Waals surface area contributed by atoms with E-state index in [4.69, 9.17) is 0 Å². The van der Waals surface area contributed by atoms with Crippen LogP contribution in [-0.4, -0.2) is 30.1 Å². The Balaban J connectivity index is 2.12. The summed E-state index contributed by atoms with van der Waals surface area (Å²) in [6.07, 6.45) is 2.68. The summed E-state index contributed by atoms with van der Waals surface area (Å²) in [5.41, 5.74) is 1.44. The summed E-state index contributed by atoms with van der Waals surface area (Å²) in [7, 11) is 0. The Bertz CT molecular complexity index is 347. The molecule has 0 radical (unpaired) electrons. The lowest BCUT2D eigenvalue weighted by Gasteiger charge is -2.32. The van der Waals surface area contributed by atoms with Gasteiger partial charge >= 0.3 is 0 Å². The van der Waals surface area contributed by atoms with Crippen molar-refractivity contribution in [3.8, 4) is 0 Å². The minimum atomic E-state index is 0.520. The van der Waals surface area contributed by atoms with Crippen LogP contribution in [0.5, 0.6) is 0 Å². The second kappa shape index (κ2) is 6.35. The van der Waals surface area contributed by atoms with Crippen molar-refractivity contribution in [1.82, 2.24) is 10.2 Å². The van der Waals surface area contributed by atoms with Crippen LogP contribution in [0.2, 0.25) is 0 Å². The molecule has 2 heteroatoms. The maximum Gasteiger partial charge on any atom is 0.0475 e. The SMILES string of the molecule is CC(C)NCC(c1ccccc1)N1CCCC1C. The van der Waals surface area contributed by atoms with E-state index in [1.165, 1.54) is 24.9 Å². The fourth-order valence-electron chi connectivity index (χ4n) is 2.87. The van der Waals surface area contributed by atoms with Crippen LogP contribution in [0.15, 0.2) is 30.3 Å². The van der Waals surface area contributed by atoms with Gasteiger partial charge in [-0.05, 0) is 31.9 Å². The van der Waals surface area contributed by atoms with Gasteiger partial charge in [0.15, 0.2) is 0 Å². The lowest BCUT2D eigenvalue weighted by molar-refractivity contribution is 0.184. The van der Waals surface area contributed by atoms with E-state index < -0.39 is 0 Å². The zero-order chi connectivity index (χ0) is 13.0. The van der Waals surface area contributed by atoms with E-state index in [0.717, 1.165) is 6.54 Å². The van der Waals surface area contributed by atoms with Gasteiger partial charge in [-0.15, -0.1) is 0 Å². The maximum absolute atomic E-state index is 3.60. The summed E-state index contributed by atoms with van der Waals surface area (Å²) in [6, 6.07) is 12.7. The molecule has 1 heterocycles. The van der Waals surface area contributed by atoms with Crippen LogP contribution in [-0.2, 0) is 0 Å². The van der Waals surface area contributed by atoms with Crippen molar-refractivity contribution in [3.63, 3.8) is 0 Å². The molecule has 18 heavy (non-hydrogen) atoms. The maximum atomic E-state index is 3.60. The zero-order valence-corrected chi connectivity index (χ0v) is 11.9. The quantitative estimate of drug-likeness (QED) is 0.858. The first kappa shape index (κ1) is 13.6. The highest BCUT2D eigenvalue weighted by Gasteiger charge is 2.28. The minimum absolute atomic E-state index is 0.520. The van der Waals surface area contributed by atoms with Gasteiger partial charge < -0.3 is 5.32 Å². The average molecular weight is 246 g/mol. The van der Waals surface area contributed by atoms with Gasteiger partial charge in [-0.1, -0.05) is 44.2 Å². The normalized spacial score (nSPS) is 22.6. The molecule has 0 aromatic heterocycles. The highest BCUT2D eigenvalue weighted by Crippen LogP contribution is 2.28. The van der Waals surface area contributed by atoms with E-state index in [1.54, 1.807) is 0 Å². The van der Waals surface area contributed by atoms with E-state index in [0.29, 0.717) is 18.1 Å². The predicted octanol–water partition coefficient (Wildman–Crippen LogP) is 3.21. The molecular weight excluding hydrogens is 220 g/mol. The van der Waals surface area contributed by atoms with E-state index in [-0.39, 0.29) is 0 Å². The van der Waals surface area contributed by atoms with E-state index >= 15 is 0 Å². The average Bonchev–Trinajstić information content (AvgIpc) is 2.77. The molecular formula is C16H26N2. The molecule has 100 valence electrons. The largest absolute Gasteiger partial charge is 0.313 e. The summed E-state index contributed by atoms with van der Waals surface area (Å²) in [5.74, 6) is 0. The number of hydrogen-bond acceptors (Lipinski definition) is 2. The molecule has 0 aliphatic carbocycles. The number of nitrogens with zero attached hydrogens (tertiary/aromatic N) is 1. The van der Waals surface area contributed by atoms with Gasteiger partial charge in [0.1, 0.15) is 0 Å². The topological polar surface area (TPSA) is 15.3 Å². The van der Waals surface area contributed by atoms with Gasteiger partial charge in [0.25, 0.3) is 0 Å². The third-order valence-corrected chi connectivity index (χ3v) is 3.91. The molecule has 1 aromatic rings. The molecule has 0 bridgehead atoms. The third-order valence-electron chi connectivity index (χ3n) is 3.91. The van der Waals surface area contributed by atoms with Crippen LogP contribution in [0.25, 0.3) is 0 Å². The number of likely N-dealkylation sites (tertiary alicyclic amines) is 1. The molecule has 0 saturated carbocycles. The molecule has 1 aliphatic rings. The summed E-state index contributed by atoms with van der Waals surface area (Å²) >= 11 is 0. The molecule has 2 rings (SSSR count). The second-order valence-electron chi connectivity index (χ2n) is 5.72. The van der Waals surface area contributed by atoms with Crippen LogP contribution in [0.4, 0.5) is 0 Å². The fraction of sp³-hybridized carbons (Fsp3) is 0.625. The Hall–Kier alpha value is -0.860. The Labute approximate surface area is 111 Å². The third kappa shape index (κ3) is 3.33. The van der Waals surface area contributed by atoms with Gasteiger partial charge in [0.05, 0.1) is 0 Å². The van der Waals surface area contributed by atoms with Gasteiger partial charge in [0.2, 0.25) is 0 Å². The first-order valence-corrected chi connectivity index (χ1v) is 7.22. The standard InChI is InChI=1S/C16H26N2/c1-13(2)17-12-16(15-9-5-4-6-10-15)18-11-7-8-14(18)3/h4-6,9-10,13-14,16-17H,7-8,11-12H2,1-3H3. The highest BCUT2D eigenvalue weighted by atomic mass is 15.2. The predicted molar refractivity (Wildman–Crippen MR) is 77.7 cm³/mol. The Kier molecular flexibility index (Phi) is 4.79. The van der Waals surface area contributed by atoms with Crippen molar-refractivity contribution in [2.24, 2.45) is 0 Å². The Morgan fingerprint density at radius 3 is 2.56 bits per heavy atom. The monoisotopic (exact) mass is 246 g/mol. The Morgan fingerprint density at radius 2 is 2.00 bits per heavy atom. The molecule has 2 atom stereocenters. The van der Waals surface area contributed by atoms with Gasteiger partial charge in [-0.3, -0.25) is 4.90 Å². The first-order chi connectivity index (χ1) is 8.68. The van der Waals surface area contributed by atoms with Crippen molar-refractivity contribution in [3.05, 3.63) is 35.9 Å².